The summed E-state index contributed by atoms with van der Waals surface area (Å²) in [5.74, 6) is -0.0482. The first kappa shape index (κ1) is 21.2. The maximum atomic E-state index is 13.1. The fraction of sp³-hybridized carbons (Fsp3) is 0.0556. The molecule has 0 bridgehead atoms. The highest BCUT2D eigenvalue weighted by Gasteiger charge is 2.14. The molecule has 0 fully saturated rings. The number of benzene rings is 1. The van der Waals surface area contributed by atoms with E-state index in [-0.39, 0.29) is 12.3 Å². The predicted octanol–water partition coefficient (Wildman–Crippen LogP) is 6.27. The van der Waals surface area contributed by atoms with Gasteiger partial charge in [-0.25, -0.2) is 4.98 Å². The van der Waals surface area contributed by atoms with Crippen LogP contribution in [0.2, 0.25) is 10.0 Å². The number of halogens is 4. The van der Waals surface area contributed by atoms with Gasteiger partial charge in [-0.3, -0.25) is 10.4 Å². The van der Waals surface area contributed by atoms with Crippen molar-refractivity contribution in [1.29, 1.82) is 5.41 Å². The van der Waals surface area contributed by atoms with Gasteiger partial charge in [-0.1, -0.05) is 23.2 Å². The van der Waals surface area contributed by atoms with E-state index in [0.29, 0.717) is 38.9 Å². The van der Waals surface area contributed by atoms with Gasteiger partial charge >= 0.3 is 0 Å². The van der Waals surface area contributed by atoms with Gasteiger partial charge in [0.2, 0.25) is 5.95 Å². The fourth-order valence-corrected chi connectivity index (χ4v) is 4.06. The minimum absolute atomic E-state index is 0.159. The molecule has 1 unspecified atom stereocenters. The monoisotopic (exact) mass is 548 g/mol. The van der Waals surface area contributed by atoms with Crippen molar-refractivity contribution >= 4 is 63.0 Å². The number of aromatic nitrogens is 2. The first-order valence-electron chi connectivity index (χ1n) is 7.87. The highest BCUT2D eigenvalue weighted by Crippen LogP contribution is 2.32. The second-order valence-corrected chi connectivity index (χ2v) is 8.41. The molecule has 0 spiro atoms. The molecule has 0 amide bonds. The summed E-state index contributed by atoms with van der Waals surface area (Å²) in [6.07, 6.45) is 4.75. The molecule has 2 heterocycles. The molecular weight excluding hydrogens is 536 g/mol. The van der Waals surface area contributed by atoms with Gasteiger partial charge in [0.05, 0.1) is 15.8 Å². The molecule has 1 atom stereocenters. The quantitative estimate of drug-likeness (QED) is 0.158. The summed E-state index contributed by atoms with van der Waals surface area (Å²) >= 11 is 14.5. The van der Waals surface area contributed by atoms with Crippen molar-refractivity contribution in [2.24, 2.45) is 0 Å². The van der Waals surface area contributed by atoms with E-state index in [4.69, 9.17) is 33.3 Å². The molecule has 144 valence electrons. The van der Waals surface area contributed by atoms with Crippen molar-refractivity contribution in [2.45, 2.75) is 6.61 Å². The molecule has 0 aliphatic heterocycles. The number of anilines is 1. The standard InChI is InChI=1S/C18H13Cl2FIN4OP/c19-14-7-24-8-15(20)13(14)9-27-11-2-3-16(26-28-22)12(5-11)18(23)10-1-4-17(21)25-6-10/h1-8,23,26,28H,9H2. The first-order valence-corrected chi connectivity index (χ1v) is 12.7. The van der Waals surface area contributed by atoms with E-state index in [2.05, 4.69) is 37.1 Å². The first-order chi connectivity index (χ1) is 13.5. The SMILES string of the molecule is N=C(c1ccc(F)nc1)c1cc(OCc2c(Cl)cncc2Cl)ccc1NPI. The van der Waals surface area contributed by atoms with E-state index in [1.807, 2.05) is 6.07 Å². The predicted molar refractivity (Wildman–Crippen MR) is 121 cm³/mol. The smallest absolute Gasteiger partial charge is 0.212 e. The van der Waals surface area contributed by atoms with Crippen molar-refractivity contribution < 1.29 is 9.13 Å². The Hall–Kier alpha value is -1.54. The van der Waals surface area contributed by atoms with Gasteiger partial charge in [-0.05, 0) is 52.4 Å². The molecule has 2 N–H and O–H groups in total. The summed E-state index contributed by atoms with van der Waals surface area (Å²) in [5.41, 5.74) is 2.72. The van der Waals surface area contributed by atoms with Crippen LogP contribution in [0.4, 0.5) is 10.1 Å². The zero-order chi connectivity index (χ0) is 20.1. The fourth-order valence-electron chi connectivity index (χ4n) is 2.39. The minimum Gasteiger partial charge on any atom is -0.489 e. The largest absolute Gasteiger partial charge is 0.489 e. The van der Waals surface area contributed by atoms with Gasteiger partial charge in [0.25, 0.3) is 0 Å². The maximum absolute atomic E-state index is 13.1. The average molecular weight is 549 g/mol. The molecule has 1 aromatic carbocycles. The van der Waals surface area contributed by atoms with Crippen LogP contribution in [-0.2, 0) is 6.61 Å². The van der Waals surface area contributed by atoms with E-state index in [0.717, 1.165) is 5.69 Å². The van der Waals surface area contributed by atoms with Crippen molar-refractivity contribution in [1.82, 2.24) is 9.97 Å². The molecule has 28 heavy (non-hydrogen) atoms. The van der Waals surface area contributed by atoms with Gasteiger partial charge < -0.3 is 9.82 Å². The lowest BCUT2D eigenvalue weighted by atomic mass is 10.0. The molecule has 3 rings (SSSR count). The summed E-state index contributed by atoms with van der Waals surface area (Å²) in [5, 5.41) is 12.6. The van der Waals surface area contributed by atoms with Crippen molar-refractivity contribution in [3.05, 3.63) is 81.6 Å². The molecule has 0 radical (unpaired) electrons. The average Bonchev–Trinajstić information content (AvgIpc) is 2.69. The molecule has 10 heteroatoms. The number of nitrogens with zero attached hydrogens (tertiary/aromatic N) is 2. The summed E-state index contributed by atoms with van der Waals surface area (Å²) in [7, 11) is 0. The number of hydrogen-bond donors (Lipinski definition) is 2. The zero-order valence-corrected chi connectivity index (χ0v) is 18.8. The van der Waals surface area contributed by atoms with Gasteiger partial charge in [0.1, 0.15) is 12.4 Å². The van der Waals surface area contributed by atoms with Crippen LogP contribution in [0.25, 0.3) is 0 Å². The van der Waals surface area contributed by atoms with Crippen LogP contribution in [0.1, 0.15) is 16.7 Å². The Labute approximate surface area is 185 Å². The van der Waals surface area contributed by atoms with Gasteiger partial charge in [0.15, 0.2) is 0 Å². The van der Waals surface area contributed by atoms with Gasteiger partial charge in [0, 0.05) is 47.3 Å². The molecule has 2 aromatic heterocycles. The molecule has 3 aromatic rings. The third kappa shape index (κ3) is 5.08. The summed E-state index contributed by atoms with van der Waals surface area (Å²) in [4.78, 5) is 7.55. The Morgan fingerprint density at radius 1 is 1.18 bits per heavy atom. The summed E-state index contributed by atoms with van der Waals surface area (Å²) in [6, 6.07) is 8.11. The molecule has 5 nitrogen and oxygen atoms in total. The lowest BCUT2D eigenvalue weighted by molar-refractivity contribution is 0.306. The van der Waals surface area contributed by atoms with Crippen LogP contribution in [-0.4, -0.2) is 15.7 Å². The lowest BCUT2D eigenvalue weighted by Crippen LogP contribution is -2.06. The zero-order valence-electron chi connectivity index (χ0n) is 14.1. The number of nitrogens with one attached hydrogen (secondary N) is 2. The highest BCUT2D eigenvalue weighted by molar-refractivity contribution is 14.2. The topological polar surface area (TPSA) is 70.9 Å². The van der Waals surface area contributed by atoms with Crippen LogP contribution in [0.3, 0.4) is 0 Å². The second kappa shape index (κ2) is 9.78. The Balaban J connectivity index is 1.88. The highest BCUT2D eigenvalue weighted by atomic mass is 127. The summed E-state index contributed by atoms with van der Waals surface area (Å²) in [6.45, 7) is 0.159. The van der Waals surface area contributed by atoms with Crippen LogP contribution < -0.4 is 9.82 Å². The Morgan fingerprint density at radius 2 is 1.93 bits per heavy atom. The van der Waals surface area contributed by atoms with Gasteiger partial charge in [-0.2, -0.15) is 4.39 Å². The van der Waals surface area contributed by atoms with Crippen molar-refractivity contribution in [3.8, 4) is 5.75 Å². The molecule has 0 aliphatic carbocycles. The number of rotatable bonds is 7. The van der Waals surface area contributed by atoms with E-state index in [1.165, 1.54) is 30.7 Å². The molecule has 0 saturated carbocycles. The van der Waals surface area contributed by atoms with Crippen molar-refractivity contribution in [2.75, 3.05) is 5.09 Å². The van der Waals surface area contributed by atoms with Crippen molar-refractivity contribution in [3.63, 3.8) is 0 Å². The molecular formula is C18H13Cl2FIN4OP. The van der Waals surface area contributed by atoms with Crippen LogP contribution in [0, 0.1) is 11.4 Å². The molecule has 0 aliphatic rings. The number of ether oxygens (including phenoxy) is 1. The Kier molecular flexibility index (Phi) is 7.40. The third-order valence-electron chi connectivity index (χ3n) is 3.79. The maximum Gasteiger partial charge on any atom is 0.212 e. The van der Waals surface area contributed by atoms with E-state index in [1.54, 1.807) is 12.1 Å². The Bertz CT molecular complexity index is 987. The lowest BCUT2D eigenvalue weighted by Gasteiger charge is -2.15. The Morgan fingerprint density at radius 3 is 2.57 bits per heavy atom. The summed E-state index contributed by atoms with van der Waals surface area (Å²) < 4.78 is 18.9. The number of hydrogen-bond acceptors (Lipinski definition) is 5. The van der Waals surface area contributed by atoms with Crippen LogP contribution in [0.15, 0.2) is 48.9 Å². The number of pyridine rings is 2. The van der Waals surface area contributed by atoms with E-state index < -0.39 is 5.95 Å². The van der Waals surface area contributed by atoms with Gasteiger partial charge in [-0.15, -0.1) is 0 Å². The second-order valence-electron chi connectivity index (χ2n) is 5.54. The van der Waals surface area contributed by atoms with E-state index >= 15 is 0 Å². The van der Waals surface area contributed by atoms with E-state index in [9.17, 15) is 4.39 Å². The minimum atomic E-state index is -0.591. The van der Waals surface area contributed by atoms with Crippen LogP contribution in [0.5, 0.6) is 5.75 Å². The van der Waals surface area contributed by atoms with Crippen LogP contribution >= 0.6 is 51.6 Å². The third-order valence-corrected chi connectivity index (χ3v) is 5.62. The normalized spacial score (nSPS) is 11.0. The molecule has 0 saturated heterocycles.